The van der Waals surface area contributed by atoms with E-state index < -0.39 is 12.0 Å². The molecule has 1 fully saturated rings. The van der Waals surface area contributed by atoms with Crippen LogP contribution in [0.4, 0.5) is 0 Å². The number of hydrogen-bond donors (Lipinski definition) is 2. The van der Waals surface area contributed by atoms with Crippen molar-refractivity contribution in [3.63, 3.8) is 0 Å². The molecule has 132 valence electrons. The average Bonchev–Trinajstić information content (AvgIpc) is 3.17. The van der Waals surface area contributed by atoms with Gasteiger partial charge in [0.2, 0.25) is 0 Å². The zero-order chi connectivity index (χ0) is 17.9. The molecule has 0 saturated carbocycles. The van der Waals surface area contributed by atoms with E-state index in [1.54, 1.807) is 11.8 Å². The van der Waals surface area contributed by atoms with E-state index in [2.05, 4.69) is 29.6 Å². The first-order valence-electron chi connectivity index (χ1n) is 8.51. The predicted octanol–water partition coefficient (Wildman–Crippen LogP) is 4.21. The minimum Gasteiger partial charge on any atom is -0.489 e. The summed E-state index contributed by atoms with van der Waals surface area (Å²) >= 11 is 1.60. The summed E-state index contributed by atoms with van der Waals surface area (Å²) in [6.45, 7) is 0.470. The van der Waals surface area contributed by atoms with Gasteiger partial charge in [0.1, 0.15) is 18.4 Å². The highest BCUT2D eigenvalue weighted by Crippen LogP contribution is 2.38. The van der Waals surface area contributed by atoms with Gasteiger partial charge in [0.25, 0.3) is 0 Å². The third kappa shape index (κ3) is 3.41. The lowest BCUT2D eigenvalue weighted by Crippen LogP contribution is -2.33. The number of carboxylic acids is 1. The van der Waals surface area contributed by atoms with Gasteiger partial charge < -0.3 is 9.84 Å². The Morgan fingerprint density at radius 3 is 2.69 bits per heavy atom. The molecule has 2 atom stereocenters. The summed E-state index contributed by atoms with van der Waals surface area (Å²) in [5.41, 5.74) is 2.12. The molecule has 1 aliphatic heterocycles. The van der Waals surface area contributed by atoms with Crippen LogP contribution in [0.25, 0.3) is 10.8 Å². The molecule has 0 amide bonds. The first-order valence-corrected chi connectivity index (χ1v) is 9.56. The molecular formula is C21H19NO3S. The molecule has 26 heavy (non-hydrogen) atoms. The summed E-state index contributed by atoms with van der Waals surface area (Å²) in [6, 6.07) is 21.8. The molecule has 2 unspecified atom stereocenters. The minimum atomic E-state index is -0.811. The van der Waals surface area contributed by atoms with Crippen LogP contribution < -0.4 is 10.1 Å². The van der Waals surface area contributed by atoms with Crippen molar-refractivity contribution in [2.75, 3.05) is 5.75 Å². The first kappa shape index (κ1) is 16.9. The summed E-state index contributed by atoms with van der Waals surface area (Å²) in [6.07, 6.45) is 0. The molecule has 0 bridgehead atoms. The SMILES string of the molecule is O=C(O)C1CSC(c2ccccc2OCc2cccc3ccccc23)N1. The third-order valence-corrected chi connectivity index (χ3v) is 5.79. The van der Waals surface area contributed by atoms with E-state index in [0.29, 0.717) is 12.4 Å². The molecule has 4 nitrogen and oxygen atoms in total. The number of nitrogens with one attached hydrogen (secondary N) is 1. The van der Waals surface area contributed by atoms with Crippen molar-refractivity contribution in [3.05, 3.63) is 77.9 Å². The molecule has 3 aromatic rings. The van der Waals surface area contributed by atoms with Crippen LogP contribution in [0.5, 0.6) is 5.75 Å². The molecule has 5 heteroatoms. The van der Waals surface area contributed by atoms with Crippen molar-refractivity contribution >= 4 is 28.5 Å². The minimum absolute atomic E-state index is 0.0696. The van der Waals surface area contributed by atoms with Gasteiger partial charge in [-0.1, -0.05) is 60.7 Å². The summed E-state index contributed by atoms with van der Waals surface area (Å²) in [4.78, 5) is 11.2. The van der Waals surface area contributed by atoms with Crippen molar-refractivity contribution in [2.45, 2.75) is 18.0 Å². The van der Waals surface area contributed by atoms with E-state index in [4.69, 9.17) is 4.74 Å². The summed E-state index contributed by atoms with van der Waals surface area (Å²) in [7, 11) is 0. The fourth-order valence-electron chi connectivity index (χ4n) is 3.20. The Morgan fingerprint density at radius 2 is 1.85 bits per heavy atom. The van der Waals surface area contributed by atoms with Crippen LogP contribution in [0.1, 0.15) is 16.5 Å². The third-order valence-electron chi connectivity index (χ3n) is 4.54. The van der Waals surface area contributed by atoms with Crippen LogP contribution in [0.2, 0.25) is 0 Å². The number of ether oxygens (including phenoxy) is 1. The summed E-state index contributed by atoms with van der Waals surface area (Å²) in [5.74, 6) is 0.531. The molecule has 0 aromatic heterocycles. The Hall–Kier alpha value is -2.50. The topological polar surface area (TPSA) is 58.6 Å². The van der Waals surface area contributed by atoms with E-state index in [0.717, 1.165) is 16.9 Å². The number of thioether (sulfide) groups is 1. The van der Waals surface area contributed by atoms with Crippen LogP contribution in [0.15, 0.2) is 66.7 Å². The molecule has 3 aromatic carbocycles. The number of hydrogen-bond acceptors (Lipinski definition) is 4. The lowest BCUT2D eigenvalue weighted by molar-refractivity contribution is -0.138. The van der Waals surface area contributed by atoms with E-state index in [9.17, 15) is 9.90 Å². The van der Waals surface area contributed by atoms with Gasteiger partial charge in [-0.2, -0.15) is 0 Å². The fourth-order valence-corrected chi connectivity index (χ4v) is 4.45. The number of benzene rings is 3. The maximum atomic E-state index is 11.2. The Balaban J connectivity index is 1.55. The average molecular weight is 365 g/mol. The molecular weight excluding hydrogens is 346 g/mol. The van der Waals surface area contributed by atoms with E-state index in [-0.39, 0.29) is 5.37 Å². The molecule has 0 aliphatic carbocycles. The van der Waals surface area contributed by atoms with Gasteiger partial charge in [0.15, 0.2) is 0 Å². The van der Waals surface area contributed by atoms with Crippen molar-refractivity contribution in [3.8, 4) is 5.75 Å². The second kappa shape index (κ2) is 7.40. The van der Waals surface area contributed by atoms with Crippen molar-refractivity contribution in [1.82, 2.24) is 5.32 Å². The zero-order valence-corrected chi connectivity index (χ0v) is 14.9. The second-order valence-electron chi connectivity index (χ2n) is 6.24. The van der Waals surface area contributed by atoms with Gasteiger partial charge in [0, 0.05) is 11.3 Å². The number of para-hydroxylation sites is 1. The van der Waals surface area contributed by atoms with E-state index in [1.807, 2.05) is 42.5 Å². The second-order valence-corrected chi connectivity index (χ2v) is 7.37. The van der Waals surface area contributed by atoms with Crippen LogP contribution in [-0.4, -0.2) is 22.9 Å². The summed E-state index contributed by atoms with van der Waals surface area (Å²) < 4.78 is 6.14. The highest BCUT2D eigenvalue weighted by Gasteiger charge is 2.31. The Bertz CT molecular complexity index is 938. The van der Waals surface area contributed by atoms with Crippen LogP contribution >= 0.6 is 11.8 Å². The quantitative estimate of drug-likeness (QED) is 0.709. The largest absolute Gasteiger partial charge is 0.489 e. The lowest BCUT2D eigenvalue weighted by Gasteiger charge is -2.17. The van der Waals surface area contributed by atoms with Crippen LogP contribution in [0.3, 0.4) is 0 Å². The van der Waals surface area contributed by atoms with Crippen LogP contribution in [0, 0.1) is 0 Å². The monoisotopic (exact) mass is 365 g/mol. The Morgan fingerprint density at radius 1 is 1.08 bits per heavy atom. The number of carbonyl (C=O) groups is 1. The van der Waals surface area contributed by atoms with Gasteiger partial charge in [-0.15, -0.1) is 11.8 Å². The molecule has 4 rings (SSSR count). The van der Waals surface area contributed by atoms with Gasteiger partial charge in [-0.3, -0.25) is 10.1 Å². The maximum Gasteiger partial charge on any atom is 0.321 e. The Kier molecular flexibility index (Phi) is 4.82. The number of rotatable bonds is 5. The first-order chi connectivity index (χ1) is 12.7. The van der Waals surface area contributed by atoms with E-state index in [1.165, 1.54) is 10.8 Å². The zero-order valence-electron chi connectivity index (χ0n) is 14.1. The molecule has 0 spiro atoms. The molecule has 2 N–H and O–H groups in total. The van der Waals surface area contributed by atoms with Gasteiger partial charge in [-0.05, 0) is 22.4 Å². The molecule has 1 heterocycles. The molecule has 0 radical (unpaired) electrons. The smallest absolute Gasteiger partial charge is 0.321 e. The highest BCUT2D eigenvalue weighted by atomic mass is 32.2. The van der Waals surface area contributed by atoms with Gasteiger partial charge in [-0.25, -0.2) is 0 Å². The highest BCUT2D eigenvalue weighted by molar-refractivity contribution is 7.99. The maximum absolute atomic E-state index is 11.2. The van der Waals surface area contributed by atoms with Crippen molar-refractivity contribution < 1.29 is 14.6 Å². The van der Waals surface area contributed by atoms with Gasteiger partial charge >= 0.3 is 5.97 Å². The number of fused-ring (bicyclic) bond motifs is 1. The van der Waals surface area contributed by atoms with Crippen molar-refractivity contribution in [1.29, 1.82) is 0 Å². The van der Waals surface area contributed by atoms with Crippen LogP contribution in [-0.2, 0) is 11.4 Å². The predicted molar refractivity (Wildman–Crippen MR) is 104 cm³/mol. The molecule has 1 saturated heterocycles. The van der Waals surface area contributed by atoms with Crippen molar-refractivity contribution in [2.24, 2.45) is 0 Å². The number of carboxylic acid groups (broad SMARTS) is 1. The summed E-state index contributed by atoms with van der Waals surface area (Å²) in [5, 5.41) is 14.7. The standard InChI is InChI=1S/C21H19NO3S/c23-21(24)18-13-26-20(22-18)17-10-3-4-11-19(17)25-12-15-8-5-7-14-6-1-2-9-16(14)15/h1-11,18,20,22H,12-13H2,(H,23,24). The lowest BCUT2D eigenvalue weighted by atomic mass is 10.1. The Labute approximate surface area is 156 Å². The van der Waals surface area contributed by atoms with E-state index >= 15 is 0 Å². The number of aliphatic carboxylic acids is 1. The normalized spacial score (nSPS) is 19.5. The van der Waals surface area contributed by atoms with Gasteiger partial charge in [0.05, 0.1) is 5.37 Å². The fraction of sp³-hybridized carbons (Fsp3) is 0.190. The molecule has 1 aliphatic rings.